The number of fused-ring (bicyclic) bond motifs is 3. The Balaban J connectivity index is 1.16. The first-order valence-corrected chi connectivity index (χ1v) is 11.6. The molecule has 4 N–H and O–H groups in total. The highest BCUT2D eigenvalue weighted by atomic mass is 16.5. The molecule has 0 saturated heterocycles. The van der Waals surface area contributed by atoms with Crippen LogP contribution >= 0.6 is 0 Å². The van der Waals surface area contributed by atoms with Crippen LogP contribution in [0.15, 0.2) is 61.1 Å². The Morgan fingerprint density at radius 3 is 2.31 bits per heavy atom. The van der Waals surface area contributed by atoms with Crippen LogP contribution < -0.4 is 10.6 Å². The molecule has 2 aliphatic carbocycles. The summed E-state index contributed by atoms with van der Waals surface area (Å²) in [6, 6.07) is 15.1. The Morgan fingerprint density at radius 1 is 1.09 bits per heavy atom. The van der Waals surface area contributed by atoms with E-state index in [1.807, 2.05) is 24.3 Å². The number of carboxylic acid groups (broad SMARTS) is 1. The van der Waals surface area contributed by atoms with E-state index in [4.69, 9.17) is 4.74 Å². The van der Waals surface area contributed by atoms with E-state index in [2.05, 4.69) is 44.9 Å². The fourth-order valence-corrected chi connectivity index (χ4v) is 4.72. The molecule has 9 heteroatoms. The van der Waals surface area contributed by atoms with E-state index >= 15 is 0 Å². The standard InChI is InChI=1S/C26H26N4O5/c31-23(29-22(24(32)33)11-16-13-27-15-28-16)12-26(9-10-26)30-25(34)35-14-21-19-7-3-1-5-17(19)18-6-2-4-8-20(18)21/h1-8,13,15,21-22H,9-12,14H2,(H,27,28)(H,29,31)(H,30,34)(H,32,33). The number of carbonyl (C=O) groups excluding carboxylic acids is 2. The highest BCUT2D eigenvalue weighted by molar-refractivity contribution is 5.85. The van der Waals surface area contributed by atoms with Gasteiger partial charge in [-0.3, -0.25) is 4.79 Å². The molecule has 0 spiro atoms. The number of amides is 2. The van der Waals surface area contributed by atoms with E-state index < -0.39 is 29.6 Å². The van der Waals surface area contributed by atoms with Gasteiger partial charge in [0.05, 0.1) is 11.9 Å². The Morgan fingerprint density at radius 2 is 1.74 bits per heavy atom. The van der Waals surface area contributed by atoms with Gasteiger partial charge >= 0.3 is 12.1 Å². The molecule has 3 aromatic rings. The van der Waals surface area contributed by atoms with Gasteiger partial charge in [0.2, 0.25) is 5.91 Å². The first-order chi connectivity index (χ1) is 16.9. The molecule has 35 heavy (non-hydrogen) atoms. The van der Waals surface area contributed by atoms with E-state index in [0.29, 0.717) is 18.5 Å². The number of aromatic nitrogens is 2. The molecule has 2 aromatic carbocycles. The lowest BCUT2D eigenvalue weighted by Gasteiger charge is -2.20. The number of imidazole rings is 1. The third-order valence-corrected chi connectivity index (χ3v) is 6.68. The SMILES string of the molecule is O=C(CC1(NC(=O)OCC2c3ccccc3-c3ccccc32)CC1)NC(Cc1cnc[nH]1)C(=O)O. The van der Waals surface area contributed by atoms with E-state index in [9.17, 15) is 19.5 Å². The van der Waals surface area contributed by atoms with Gasteiger partial charge in [0.1, 0.15) is 12.6 Å². The van der Waals surface area contributed by atoms with Gasteiger partial charge < -0.3 is 25.5 Å². The van der Waals surface area contributed by atoms with Gasteiger partial charge in [-0.2, -0.15) is 0 Å². The van der Waals surface area contributed by atoms with Crippen LogP contribution in [0.2, 0.25) is 0 Å². The predicted octanol–water partition coefficient (Wildman–Crippen LogP) is 2.98. The minimum absolute atomic E-state index is 0.00997. The fraction of sp³-hybridized carbons (Fsp3) is 0.308. The van der Waals surface area contributed by atoms with Crippen molar-refractivity contribution in [1.29, 1.82) is 0 Å². The topological polar surface area (TPSA) is 133 Å². The Kier molecular flexibility index (Phi) is 5.98. The molecule has 1 atom stereocenters. The van der Waals surface area contributed by atoms with Crippen molar-refractivity contribution in [3.8, 4) is 11.1 Å². The van der Waals surface area contributed by atoms with E-state index in [1.54, 1.807) is 0 Å². The fourth-order valence-electron chi connectivity index (χ4n) is 4.72. The number of benzene rings is 2. The summed E-state index contributed by atoms with van der Waals surface area (Å²) in [4.78, 5) is 43.5. The number of ether oxygens (including phenoxy) is 1. The van der Waals surface area contributed by atoms with Gasteiger partial charge in [0, 0.05) is 30.7 Å². The number of nitrogens with zero attached hydrogens (tertiary/aromatic N) is 1. The second-order valence-electron chi connectivity index (χ2n) is 9.15. The molecule has 2 amide bonds. The predicted molar refractivity (Wildman–Crippen MR) is 127 cm³/mol. The van der Waals surface area contributed by atoms with Crippen LogP contribution in [0.3, 0.4) is 0 Å². The van der Waals surface area contributed by atoms with Gasteiger partial charge in [-0.05, 0) is 35.1 Å². The van der Waals surface area contributed by atoms with Gasteiger partial charge in [-0.25, -0.2) is 14.6 Å². The number of carboxylic acids is 1. The third-order valence-electron chi connectivity index (χ3n) is 6.68. The monoisotopic (exact) mass is 474 g/mol. The summed E-state index contributed by atoms with van der Waals surface area (Å²) in [6.07, 6.45) is 3.73. The summed E-state index contributed by atoms with van der Waals surface area (Å²) >= 11 is 0. The summed E-state index contributed by atoms with van der Waals surface area (Å²) in [5, 5.41) is 14.8. The van der Waals surface area contributed by atoms with E-state index in [1.165, 1.54) is 12.5 Å². The molecular formula is C26H26N4O5. The molecular weight excluding hydrogens is 448 g/mol. The minimum atomic E-state index is -1.14. The minimum Gasteiger partial charge on any atom is -0.480 e. The Labute approximate surface area is 201 Å². The summed E-state index contributed by atoms with van der Waals surface area (Å²) in [5.74, 6) is -1.62. The number of hydrogen-bond donors (Lipinski definition) is 4. The third kappa shape index (κ3) is 4.89. The molecule has 1 saturated carbocycles. The maximum atomic E-state index is 12.6. The first-order valence-electron chi connectivity index (χ1n) is 11.6. The molecule has 5 rings (SSSR count). The molecule has 1 aromatic heterocycles. The molecule has 1 heterocycles. The number of aromatic amines is 1. The van der Waals surface area contributed by atoms with Gasteiger partial charge in [-0.1, -0.05) is 48.5 Å². The highest BCUT2D eigenvalue weighted by Crippen LogP contribution is 2.44. The quantitative estimate of drug-likeness (QED) is 0.377. The summed E-state index contributed by atoms with van der Waals surface area (Å²) in [6.45, 7) is 0.188. The zero-order valence-corrected chi connectivity index (χ0v) is 19.0. The number of carbonyl (C=O) groups is 3. The van der Waals surface area contributed by atoms with Crippen molar-refractivity contribution >= 4 is 18.0 Å². The second-order valence-corrected chi connectivity index (χ2v) is 9.15. The molecule has 1 unspecified atom stereocenters. The van der Waals surface area contributed by atoms with Crippen molar-refractivity contribution in [2.75, 3.05) is 6.61 Å². The van der Waals surface area contributed by atoms with Crippen molar-refractivity contribution < 1.29 is 24.2 Å². The average Bonchev–Trinajstić information content (AvgIpc) is 3.26. The van der Waals surface area contributed by atoms with E-state index in [0.717, 1.165) is 22.3 Å². The lowest BCUT2D eigenvalue weighted by molar-refractivity contribution is -0.141. The molecule has 180 valence electrons. The number of nitrogens with one attached hydrogen (secondary N) is 3. The highest BCUT2D eigenvalue weighted by Gasteiger charge is 2.46. The molecule has 0 bridgehead atoms. The summed E-state index contributed by atoms with van der Waals surface area (Å²) in [5.41, 5.74) is 4.45. The molecule has 0 aliphatic heterocycles. The van der Waals surface area contributed by atoms with Crippen molar-refractivity contribution in [2.24, 2.45) is 0 Å². The Bertz CT molecular complexity index is 1210. The van der Waals surface area contributed by atoms with Crippen LogP contribution in [0.4, 0.5) is 4.79 Å². The summed E-state index contributed by atoms with van der Waals surface area (Å²) < 4.78 is 5.60. The number of aliphatic carboxylic acids is 1. The second kappa shape index (κ2) is 9.25. The zero-order chi connectivity index (χ0) is 24.4. The van der Waals surface area contributed by atoms with Gasteiger partial charge in [-0.15, -0.1) is 0 Å². The van der Waals surface area contributed by atoms with Gasteiger partial charge in [0.15, 0.2) is 0 Å². The Hall–Kier alpha value is -4.14. The first kappa shape index (κ1) is 22.6. The van der Waals surface area contributed by atoms with Crippen LogP contribution in [0.5, 0.6) is 0 Å². The maximum absolute atomic E-state index is 12.6. The normalized spacial score (nSPS) is 16.0. The lowest BCUT2D eigenvalue weighted by Crippen LogP contribution is -2.46. The number of alkyl carbamates (subject to hydrolysis) is 1. The zero-order valence-electron chi connectivity index (χ0n) is 19.0. The number of hydrogen-bond acceptors (Lipinski definition) is 5. The van der Waals surface area contributed by atoms with Crippen LogP contribution in [-0.4, -0.2) is 51.2 Å². The molecule has 1 fully saturated rings. The summed E-state index contributed by atoms with van der Waals surface area (Å²) in [7, 11) is 0. The lowest BCUT2D eigenvalue weighted by atomic mass is 9.98. The largest absolute Gasteiger partial charge is 0.480 e. The van der Waals surface area contributed by atoms with Crippen LogP contribution in [0.25, 0.3) is 11.1 Å². The molecule has 9 nitrogen and oxygen atoms in total. The average molecular weight is 475 g/mol. The van der Waals surface area contributed by atoms with Crippen molar-refractivity contribution in [3.05, 3.63) is 77.9 Å². The molecule has 0 radical (unpaired) electrons. The van der Waals surface area contributed by atoms with Gasteiger partial charge in [0.25, 0.3) is 0 Å². The van der Waals surface area contributed by atoms with Crippen LogP contribution in [0.1, 0.15) is 42.0 Å². The van der Waals surface area contributed by atoms with Crippen LogP contribution in [-0.2, 0) is 20.7 Å². The maximum Gasteiger partial charge on any atom is 0.407 e. The molecule has 2 aliphatic rings. The van der Waals surface area contributed by atoms with E-state index in [-0.39, 0.29) is 25.4 Å². The van der Waals surface area contributed by atoms with Crippen molar-refractivity contribution in [3.63, 3.8) is 0 Å². The number of rotatable bonds is 9. The number of H-pyrrole nitrogens is 1. The van der Waals surface area contributed by atoms with Crippen molar-refractivity contribution in [1.82, 2.24) is 20.6 Å². The van der Waals surface area contributed by atoms with Crippen molar-refractivity contribution in [2.45, 2.75) is 43.2 Å². The smallest absolute Gasteiger partial charge is 0.407 e. The van der Waals surface area contributed by atoms with Crippen LogP contribution in [0, 0.1) is 0 Å².